The smallest absolute Gasteiger partial charge is 0.250 e. The molecule has 37 heavy (non-hydrogen) atoms. The summed E-state index contributed by atoms with van der Waals surface area (Å²) in [4.78, 5) is 12.4. The van der Waals surface area contributed by atoms with E-state index in [2.05, 4.69) is 86.4 Å². The summed E-state index contributed by atoms with van der Waals surface area (Å²) in [5, 5.41) is 8.18. The van der Waals surface area contributed by atoms with Crippen LogP contribution >= 0.6 is 27.7 Å². The van der Waals surface area contributed by atoms with E-state index in [1.165, 1.54) is 16.7 Å². The molecule has 0 spiro atoms. The number of thioether (sulfide) groups is 1. The first-order valence-electron chi connectivity index (χ1n) is 12.4. The van der Waals surface area contributed by atoms with Crippen LogP contribution in [0.25, 0.3) is 0 Å². The van der Waals surface area contributed by atoms with E-state index in [0.29, 0.717) is 17.6 Å². The number of fused-ring (bicyclic) bond motifs is 3. The average Bonchev–Trinajstić information content (AvgIpc) is 3.42. The van der Waals surface area contributed by atoms with Gasteiger partial charge in [-0.3, -0.25) is 4.79 Å². The lowest BCUT2D eigenvalue weighted by Gasteiger charge is -2.37. The Morgan fingerprint density at radius 3 is 2.78 bits per heavy atom. The van der Waals surface area contributed by atoms with Crippen molar-refractivity contribution in [2.24, 2.45) is 11.0 Å². The van der Waals surface area contributed by atoms with E-state index in [1.807, 2.05) is 31.2 Å². The third-order valence-corrected chi connectivity index (χ3v) is 8.49. The number of halogens is 1. The molecule has 0 saturated heterocycles. The van der Waals surface area contributed by atoms with Crippen molar-refractivity contribution < 1.29 is 9.53 Å². The van der Waals surface area contributed by atoms with E-state index in [9.17, 15) is 4.79 Å². The van der Waals surface area contributed by atoms with E-state index in [1.54, 1.807) is 18.9 Å². The molecule has 7 heteroatoms. The number of amides is 1. The van der Waals surface area contributed by atoms with Gasteiger partial charge in [0.15, 0.2) is 0 Å². The molecule has 3 atom stereocenters. The largest absolute Gasteiger partial charge is 0.497 e. The second kappa shape index (κ2) is 11.6. The number of carbonyl (C=O) groups excluding carboxylic acids is 1. The number of nitrogens with zero attached hydrogens (tertiary/aromatic N) is 1. The number of anilines is 1. The third-order valence-electron chi connectivity index (χ3n) is 6.99. The highest BCUT2D eigenvalue weighted by atomic mass is 79.9. The summed E-state index contributed by atoms with van der Waals surface area (Å²) in [5.74, 6) is 2.71. The van der Waals surface area contributed by atoms with Gasteiger partial charge in [-0.2, -0.15) is 5.10 Å². The number of hydrogen-bond donors (Lipinski definition) is 2. The first-order chi connectivity index (χ1) is 18.0. The van der Waals surface area contributed by atoms with Gasteiger partial charge in [-0.25, -0.2) is 5.43 Å². The molecule has 0 radical (unpaired) electrons. The molecule has 3 aromatic carbocycles. The van der Waals surface area contributed by atoms with Crippen molar-refractivity contribution in [3.8, 4) is 5.75 Å². The number of hydrazone groups is 1. The van der Waals surface area contributed by atoms with E-state index in [-0.39, 0.29) is 11.9 Å². The first-order valence-corrected chi connectivity index (χ1v) is 14.3. The van der Waals surface area contributed by atoms with Crippen LogP contribution in [0.4, 0.5) is 5.69 Å². The lowest BCUT2D eigenvalue weighted by Crippen LogP contribution is -2.29. The fraction of sp³-hybridized carbons (Fsp3) is 0.267. The lowest BCUT2D eigenvalue weighted by atomic mass is 9.76. The summed E-state index contributed by atoms with van der Waals surface area (Å²) >= 11 is 5.06. The summed E-state index contributed by atoms with van der Waals surface area (Å²) in [6.45, 7) is 1.94. The standard InChI is InChI=1S/C30H30BrN3O2S/c1-19(33-34-29(35)18-37-17-20-5-3-6-23(31)15-20)22-11-14-28-27(16-22)25-7-4-8-26(25)30(32-28)21-9-12-24(36-2)13-10-21/h3-7,9-16,25-26,30,32H,8,17-18H2,1-2H3,(H,34,35)/b33-19-/t25-,26+,30+/m1/s1. The van der Waals surface area contributed by atoms with Crippen LogP contribution in [0, 0.1) is 5.92 Å². The molecule has 0 saturated carbocycles. The SMILES string of the molecule is COc1ccc([C@@H]2Nc3ccc(/C(C)=N\NC(=O)CSCc4cccc(Br)c4)cc3[C@@H]3C=CC[C@@H]32)cc1. The van der Waals surface area contributed by atoms with Gasteiger partial charge in [-0.1, -0.05) is 58.4 Å². The lowest BCUT2D eigenvalue weighted by molar-refractivity contribution is -0.118. The summed E-state index contributed by atoms with van der Waals surface area (Å²) in [6.07, 6.45) is 5.67. The number of benzene rings is 3. The average molecular weight is 577 g/mol. The Morgan fingerprint density at radius 1 is 1.16 bits per heavy atom. The number of ether oxygens (including phenoxy) is 1. The quantitative estimate of drug-likeness (QED) is 0.171. The Labute approximate surface area is 230 Å². The van der Waals surface area contributed by atoms with Gasteiger partial charge in [0.2, 0.25) is 5.91 Å². The molecular formula is C30H30BrN3O2S. The molecule has 2 aliphatic rings. The van der Waals surface area contributed by atoms with Crippen LogP contribution in [-0.4, -0.2) is 24.5 Å². The molecule has 1 heterocycles. The van der Waals surface area contributed by atoms with Crippen LogP contribution in [0.2, 0.25) is 0 Å². The highest BCUT2D eigenvalue weighted by molar-refractivity contribution is 9.10. The zero-order chi connectivity index (χ0) is 25.8. The van der Waals surface area contributed by atoms with Gasteiger partial charge in [-0.15, -0.1) is 11.8 Å². The molecule has 1 aliphatic heterocycles. The van der Waals surface area contributed by atoms with Crippen molar-refractivity contribution in [2.75, 3.05) is 18.2 Å². The Hall–Kier alpha value is -3.03. The first kappa shape index (κ1) is 25.6. The molecule has 190 valence electrons. The molecule has 1 aliphatic carbocycles. The van der Waals surface area contributed by atoms with Gasteiger partial charge in [0, 0.05) is 21.8 Å². The van der Waals surface area contributed by atoms with E-state index < -0.39 is 0 Å². The Kier molecular flexibility index (Phi) is 8.01. The topological polar surface area (TPSA) is 62.7 Å². The van der Waals surface area contributed by atoms with Crippen LogP contribution in [0.15, 0.2) is 88.5 Å². The molecule has 1 amide bonds. The maximum Gasteiger partial charge on any atom is 0.250 e. The molecule has 2 N–H and O–H groups in total. The summed E-state index contributed by atoms with van der Waals surface area (Å²) < 4.78 is 6.39. The molecule has 0 aromatic heterocycles. The molecule has 0 unspecified atom stereocenters. The van der Waals surface area contributed by atoms with Crippen molar-refractivity contribution in [2.45, 2.75) is 31.1 Å². The minimum Gasteiger partial charge on any atom is -0.497 e. The van der Waals surface area contributed by atoms with Crippen molar-refractivity contribution in [3.05, 3.63) is 106 Å². The van der Waals surface area contributed by atoms with Crippen LogP contribution in [0.1, 0.15) is 47.6 Å². The second-order valence-corrected chi connectivity index (χ2v) is 11.3. The number of methoxy groups -OCH3 is 1. The zero-order valence-electron chi connectivity index (χ0n) is 20.9. The number of allylic oxidation sites excluding steroid dienone is 2. The number of carbonyl (C=O) groups is 1. The van der Waals surface area contributed by atoms with Gasteiger partial charge >= 0.3 is 0 Å². The van der Waals surface area contributed by atoms with Crippen LogP contribution in [0.3, 0.4) is 0 Å². The Morgan fingerprint density at radius 2 is 2.00 bits per heavy atom. The molecule has 5 rings (SSSR count). The van der Waals surface area contributed by atoms with E-state index >= 15 is 0 Å². The molecule has 5 nitrogen and oxygen atoms in total. The summed E-state index contributed by atoms with van der Waals surface area (Å²) in [5.41, 5.74) is 9.42. The predicted octanol–water partition coefficient (Wildman–Crippen LogP) is 7.06. The molecule has 0 bridgehead atoms. The third kappa shape index (κ3) is 5.94. The minimum atomic E-state index is -0.0971. The van der Waals surface area contributed by atoms with Gasteiger partial charge < -0.3 is 10.1 Å². The van der Waals surface area contributed by atoms with E-state index in [4.69, 9.17) is 4.74 Å². The number of nitrogens with one attached hydrogen (secondary N) is 2. The highest BCUT2D eigenvalue weighted by Gasteiger charge is 2.38. The number of hydrogen-bond acceptors (Lipinski definition) is 5. The summed E-state index contributed by atoms with van der Waals surface area (Å²) in [6, 6.07) is 23.2. The predicted molar refractivity (Wildman–Crippen MR) is 156 cm³/mol. The van der Waals surface area contributed by atoms with Crippen molar-refractivity contribution in [1.29, 1.82) is 0 Å². The normalized spacial score (nSPS) is 20.1. The Bertz CT molecular complexity index is 1340. The minimum absolute atomic E-state index is 0.0971. The van der Waals surface area contributed by atoms with Crippen molar-refractivity contribution in [1.82, 2.24) is 5.43 Å². The second-order valence-electron chi connectivity index (χ2n) is 9.41. The molecular weight excluding hydrogens is 546 g/mol. The maximum absolute atomic E-state index is 12.4. The molecule has 3 aromatic rings. The Balaban J connectivity index is 1.24. The number of rotatable bonds is 8. The summed E-state index contributed by atoms with van der Waals surface area (Å²) in [7, 11) is 1.69. The van der Waals surface area contributed by atoms with Crippen LogP contribution in [-0.2, 0) is 10.5 Å². The van der Waals surface area contributed by atoms with Gasteiger partial charge in [-0.05, 0) is 77.9 Å². The van der Waals surface area contributed by atoms with Crippen molar-refractivity contribution >= 4 is 45.0 Å². The fourth-order valence-electron chi connectivity index (χ4n) is 5.09. The zero-order valence-corrected chi connectivity index (χ0v) is 23.3. The van der Waals surface area contributed by atoms with E-state index in [0.717, 1.165) is 39.4 Å². The van der Waals surface area contributed by atoms with Crippen LogP contribution in [0.5, 0.6) is 5.75 Å². The van der Waals surface area contributed by atoms with Gasteiger partial charge in [0.1, 0.15) is 5.75 Å². The van der Waals surface area contributed by atoms with Crippen LogP contribution < -0.4 is 15.5 Å². The fourth-order valence-corrected chi connectivity index (χ4v) is 6.31. The maximum atomic E-state index is 12.4. The van der Waals surface area contributed by atoms with Gasteiger partial charge in [0.25, 0.3) is 0 Å². The molecule has 0 fully saturated rings. The highest BCUT2D eigenvalue weighted by Crippen LogP contribution is 2.50. The van der Waals surface area contributed by atoms with Gasteiger partial charge in [0.05, 0.1) is 24.6 Å². The monoisotopic (exact) mass is 575 g/mol. The van der Waals surface area contributed by atoms with Crippen molar-refractivity contribution in [3.63, 3.8) is 0 Å².